The molecular formula is C17H27ClN4O. The van der Waals surface area contributed by atoms with Gasteiger partial charge in [-0.2, -0.15) is 0 Å². The summed E-state index contributed by atoms with van der Waals surface area (Å²) in [5, 5.41) is 3.60. The predicted octanol–water partition coefficient (Wildman–Crippen LogP) is 1.47. The van der Waals surface area contributed by atoms with E-state index in [1.165, 1.54) is 5.56 Å². The van der Waals surface area contributed by atoms with E-state index in [0.29, 0.717) is 23.9 Å². The van der Waals surface area contributed by atoms with Crippen LogP contribution in [0.1, 0.15) is 31.4 Å². The van der Waals surface area contributed by atoms with E-state index in [-0.39, 0.29) is 12.4 Å². The number of rotatable bonds is 6. The van der Waals surface area contributed by atoms with E-state index in [2.05, 4.69) is 47.4 Å². The van der Waals surface area contributed by atoms with Crippen molar-refractivity contribution in [1.29, 1.82) is 0 Å². The van der Waals surface area contributed by atoms with Crippen molar-refractivity contribution in [3.05, 3.63) is 35.9 Å². The van der Waals surface area contributed by atoms with Crippen LogP contribution in [0.2, 0.25) is 0 Å². The first-order valence-corrected chi connectivity index (χ1v) is 8.28. The van der Waals surface area contributed by atoms with Crippen molar-refractivity contribution in [2.45, 2.75) is 31.8 Å². The summed E-state index contributed by atoms with van der Waals surface area (Å²) in [6.45, 7) is 5.82. The van der Waals surface area contributed by atoms with Crippen LogP contribution >= 0.6 is 12.4 Å². The first-order chi connectivity index (χ1) is 10.7. The van der Waals surface area contributed by atoms with Crippen molar-refractivity contribution in [2.24, 2.45) is 5.92 Å². The monoisotopic (exact) mass is 338 g/mol. The van der Waals surface area contributed by atoms with Crippen LogP contribution in [0.4, 0.5) is 0 Å². The van der Waals surface area contributed by atoms with Gasteiger partial charge in [-0.1, -0.05) is 30.3 Å². The number of likely N-dealkylation sites (tertiary alicyclic amines) is 1. The summed E-state index contributed by atoms with van der Waals surface area (Å²) < 4.78 is 0. The molecule has 1 aromatic carbocycles. The first-order valence-electron chi connectivity index (χ1n) is 8.28. The van der Waals surface area contributed by atoms with Gasteiger partial charge in [-0.15, -0.1) is 12.4 Å². The highest BCUT2D eigenvalue weighted by molar-refractivity contribution is 5.85. The van der Waals surface area contributed by atoms with E-state index in [0.717, 1.165) is 39.0 Å². The van der Waals surface area contributed by atoms with Crippen molar-refractivity contribution in [1.82, 2.24) is 21.1 Å². The summed E-state index contributed by atoms with van der Waals surface area (Å²) in [4.78, 5) is 13.7. The van der Waals surface area contributed by atoms with Crippen LogP contribution in [0.25, 0.3) is 0 Å². The Bertz CT molecular complexity index is 499. The van der Waals surface area contributed by atoms with Gasteiger partial charge in [-0.3, -0.25) is 10.2 Å². The maximum absolute atomic E-state index is 11.7. The second-order valence-electron chi connectivity index (χ2n) is 6.43. The van der Waals surface area contributed by atoms with E-state index >= 15 is 0 Å². The van der Waals surface area contributed by atoms with Crippen molar-refractivity contribution in [2.75, 3.05) is 26.2 Å². The maximum atomic E-state index is 11.7. The van der Waals surface area contributed by atoms with E-state index in [9.17, 15) is 4.79 Å². The molecular weight excluding hydrogens is 312 g/mol. The quantitative estimate of drug-likeness (QED) is 0.735. The van der Waals surface area contributed by atoms with Gasteiger partial charge >= 0.3 is 0 Å². The molecule has 128 valence electrons. The Hall–Kier alpha value is -1.14. The van der Waals surface area contributed by atoms with Gasteiger partial charge in [0.2, 0.25) is 5.91 Å². The number of nitrogens with zero attached hydrogens (tertiary/aromatic N) is 1. The second kappa shape index (κ2) is 8.64. The Kier molecular flexibility index (Phi) is 6.84. The minimum absolute atomic E-state index is 0. The molecule has 2 saturated heterocycles. The van der Waals surface area contributed by atoms with Crippen LogP contribution in [-0.4, -0.2) is 43.0 Å². The number of nitrogens with one attached hydrogen (secondary N) is 3. The van der Waals surface area contributed by atoms with Gasteiger partial charge in [0.15, 0.2) is 0 Å². The zero-order chi connectivity index (χ0) is 15.4. The van der Waals surface area contributed by atoms with Gasteiger partial charge in [-0.05, 0) is 18.9 Å². The molecule has 3 rings (SSSR count). The highest BCUT2D eigenvalue weighted by Crippen LogP contribution is 2.24. The Balaban J connectivity index is 0.00000192. The Morgan fingerprint density at radius 1 is 1.35 bits per heavy atom. The van der Waals surface area contributed by atoms with Gasteiger partial charge in [-0.25, -0.2) is 5.43 Å². The van der Waals surface area contributed by atoms with Gasteiger partial charge in [0, 0.05) is 44.6 Å². The van der Waals surface area contributed by atoms with Crippen LogP contribution in [0.5, 0.6) is 0 Å². The van der Waals surface area contributed by atoms with Crippen molar-refractivity contribution in [3.63, 3.8) is 0 Å². The molecule has 3 unspecified atom stereocenters. The van der Waals surface area contributed by atoms with Crippen LogP contribution in [0.3, 0.4) is 0 Å². The molecule has 0 saturated carbocycles. The van der Waals surface area contributed by atoms with Crippen LogP contribution in [-0.2, 0) is 4.79 Å². The molecule has 3 N–H and O–H groups in total. The maximum Gasteiger partial charge on any atom is 0.222 e. The molecule has 6 heteroatoms. The Morgan fingerprint density at radius 3 is 2.83 bits per heavy atom. The molecule has 2 fully saturated rings. The van der Waals surface area contributed by atoms with E-state index in [1.807, 2.05) is 11.0 Å². The molecule has 3 atom stereocenters. The minimum atomic E-state index is 0. The van der Waals surface area contributed by atoms with Crippen LogP contribution < -0.4 is 16.2 Å². The fourth-order valence-corrected chi connectivity index (χ4v) is 3.39. The van der Waals surface area contributed by atoms with E-state index in [4.69, 9.17) is 0 Å². The van der Waals surface area contributed by atoms with Crippen molar-refractivity contribution < 1.29 is 4.79 Å². The lowest BCUT2D eigenvalue weighted by molar-refractivity contribution is -0.127. The number of hydrogen-bond donors (Lipinski definition) is 3. The third-order valence-corrected chi connectivity index (χ3v) is 4.65. The first kappa shape index (κ1) is 18.2. The number of hydrazine groups is 1. The highest BCUT2D eigenvalue weighted by Gasteiger charge is 2.28. The van der Waals surface area contributed by atoms with Gasteiger partial charge in [0.25, 0.3) is 0 Å². The lowest BCUT2D eigenvalue weighted by Crippen LogP contribution is -2.42. The molecule has 0 spiro atoms. The lowest BCUT2D eigenvalue weighted by Gasteiger charge is -2.25. The molecule has 0 aromatic heterocycles. The molecule has 1 aromatic rings. The predicted molar refractivity (Wildman–Crippen MR) is 94.3 cm³/mol. The molecule has 0 radical (unpaired) electrons. The van der Waals surface area contributed by atoms with E-state index in [1.54, 1.807) is 0 Å². The summed E-state index contributed by atoms with van der Waals surface area (Å²) in [7, 11) is 0. The summed E-state index contributed by atoms with van der Waals surface area (Å²) in [5.41, 5.74) is 7.96. The number of amides is 1. The standard InChI is InChI=1S/C17H26N4O.ClH/c1-13(12-21-9-5-8-16(21)22)18-10-15-11-19-20-17(15)14-6-3-2-4-7-14;/h2-4,6-7,13,15,17-20H,5,8-12H2,1H3;1H. The summed E-state index contributed by atoms with van der Waals surface area (Å²) in [6.07, 6.45) is 1.73. The average Bonchev–Trinajstić information content (AvgIpc) is 3.16. The summed E-state index contributed by atoms with van der Waals surface area (Å²) in [5.74, 6) is 0.819. The number of hydrogen-bond acceptors (Lipinski definition) is 4. The molecule has 23 heavy (non-hydrogen) atoms. The van der Waals surface area contributed by atoms with Crippen molar-refractivity contribution in [3.8, 4) is 0 Å². The largest absolute Gasteiger partial charge is 0.341 e. The molecule has 5 nitrogen and oxygen atoms in total. The smallest absolute Gasteiger partial charge is 0.222 e. The van der Waals surface area contributed by atoms with Crippen LogP contribution in [0.15, 0.2) is 30.3 Å². The molecule has 0 aliphatic carbocycles. The number of carbonyl (C=O) groups is 1. The van der Waals surface area contributed by atoms with Crippen LogP contribution in [0, 0.1) is 5.92 Å². The Labute approximate surface area is 144 Å². The molecule has 0 bridgehead atoms. The fourth-order valence-electron chi connectivity index (χ4n) is 3.39. The number of benzene rings is 1. The second-order valence-corrected chi connectivity index (χ2v) is 6.43. The molecule has 1 amide bonds. The summed E-state index contributed by atoms with van der Waals surface area (Å²) >= 11 is 0. The van der Waals surface area contributed by atoms with Gasteiger partial charge < -0.3 is 10.2 Å². The normalized spacial score (nSPS) is 25.4. The topological polar surface area (TPSA) is 56.4 Å². The third-order valence-electron chi connectivity index (χ3n) is 4.65. The highest BCUT2D eigenvalue weighted by atomic mass is 35.5. The zero-order valence-electron chi connectivity index (χ0n) is 13.6. The van der Waals surface area contributed by atoms with Gasteiger partial charge in [0.1, 0.15) is 0 Å². The number of carbonyl (C=O) groups excluding carboxylic acids is 1. The SMILES string of the molecule is CC(CN1CCCC1=O)NCC1CNNC1c1ccccc1.Cl. The average molecular weight is 339 g/mol. The Morgan fingerprint density at radius 2 is 2.13 bits per heavy atom. The van der Waals surface area contributed by atoms with Crippen molar-refractivity contribution >= 4 is 18.3 Å². The van der Waals surface area contributed by atoms with Gasteiger partial charge in [0.05, 0.1) is 6.04 Å². The summed E-state index contributed by atoms with van der Waals surface area (Å²) in [6, 6.07) is 11.2. The lowest BCUT2D eigenvalue weighted by atomic mass is 9.95. The minimum Gasteiger partial charge on any atom is -0.341 e. The molecule has 2 heterocycles. The van der Waals surface area contributed by atoms with E-state index < -0.39 is 0 Å². The zero-order valence-corrected chi connectivity index (χ0v) is 14.4. The molecule has 2 aliphatic heterocycles. The fraction of sp³-hybridized carbons (Fsp3) is 0.588. The number of halogens is 1. The molecule has 2 aliphatic rings. The third kappa shape index (κ3) is 4.67.